The van der Waals surface area contributed by atoms with Gasteiger partial charge in [-0.05, 0) is 49.3 Å². The summed E-state index contributed by atoms with van der Waals surface area (Å²) in [6.07, 6.45) is 7.56. The topological polar surface area (TPSA) is 66.8 Å². The molecule has 0 bridgehead atoms. The molecule has 0 saturated carbocycles. The molecule has 130 valence electrons. The fraction of sp³-hybridized carbons (Fsp3) is 0.632. The van der Waals surface area contributed by atoms with Crippen LogP contribution in [-0.4, -0.2) is 16.4 Å². The van der Waals surface area contributed by atoms with Crippen LogP contribution in [0.4, 0.5) is 4.79 Å². The Hall–Kier alpha value is -1.71. The lowest BCUT2D eigenvalue weighted by Crippen LogP contribution is -2.08. The molecule has 1 rings (SSSR count). The Bertz CT molecular complexity index is 509. The summed E-state index contributed by atoms with van der Waals surface area (Å²) in [6, 6.07) is 1.71. The van der Waals surface area contributed by atoms with Crippen LogP contribution in [0.25, 0.3) is 0 Å². The number of hydrogen-bond acceptors (Lipinski definition) is 3. The highest BCUT2D eigenvalue weighted by molar-refractivity contribution is 5.65. The molecule has 0 amide bonds. The molecular weight excluding hydrogens is 292 g/mol. The third-order valence-electron chi connectivity index (χ3n) is 4.10. The molecule has 0 aliphatic rings. The molecule has 2 N–H and O–H groups in total. The molecule has 4 heteroatoms. The quantitative estimate of drug-likeness (QED) is 0.340. The van der Waals surface area contributed by atoms with Crippen molar-refractivity contribution in [2.24, 2.45) is 0 Å². The van der Waals surface area contributed by atoms with Crippen molar-refractivity contribution in [1.82, 2.24) is 0 Å². The van der Waals surface area contributed by atoms with E-state index >= 15 is 0 Å². The Morgan fingerprint density at radius 3 is 2.17 bits per heavy atom. The van der Waals surface area contributed by atoms with Gasteiger partial charge in [-0.2, -0.15) is 0 Å². The Balaban J connectivity index is 3.28. The van der Waals surface area contributed by atoms with Gasteiger partial charge in [0.05, 0.1) is 0 Å². The van der Waals surface area contributed by atoms with Crippen molar-refractivity contribution in [1.29, 1.82) is 0 Å². The van der Waals surface area contributed by atoms with E-state index in [1.165, 1.54) is 5.56 Å². The van der Waals surface area contributed by atoms with E-state index in [0.29, 0.717) is 0 Å². The van der Waals surface area contributed by atoms with Crippen LogP contribution >= 0.6 is 0 Å². The van der Waals surface area contributed by atoms with Crippen molar-refractivity contribution in [3.63, 3.8) is 0 Å². The number of phenols is 1. The Kier molecular flexibility index (Phi) is 8.52. The minimum absolute atomic E-state index is 0.00667. The third kappa shape index (κ3) is 5.77. The van der Waals surface area contributed by atoms with Crippen molar-refractivity contribution in [3.8, 4) is 11.5 Å². The number of aryl methyl sites for hydroxylation is 1. The highest BCUT2D eigenvalue weighted by Crippen LogP contribution is 2.37. The number of aromatic hydroxyl groups is 1. The molecule has 4 nitrogen and oxygen atoms in total. The van der Waals surface area contributed by atoms with Crippen LogP contribution in [-0.2, 0) is 19.3 Å². The molecule has 0 aromatic heterocycles. The van der Waals surface area contributed by atoms with Crippen LogP contribution in [0.5, 0.6) is 11.5 Å². The largest absolute Gasteiger partial charge is 0.511 e. The fourth-order valence-electron chi connectivity index (χ4n) is 2.95. The summed E-state index contributed by atoms with van der Waals surface area (Å²) >= 11 is 0. The average molecular weight is 322 g/mol. The SMILES string of the molecule is CCCCCc1c(CCC)cc(OC(=O)O)c(O)c1CCCC. The zero-order valence-corrected chi connectivity index (χ0v) is 14.7. The van der Waals surface area contributed by atoms with Crippen molar-refractivity contribution in [2.45, 2.75) is 78.6 Å². The normalized spacial score (nSPS) is 10.7. The Labute approximate surface area is 139 Å². The number of rotatable bonds is 10. The molecule has 23 heavy (non-hydrogen) atoms. The molecule has 0 unspecified atom stereocenters. The molecular formula is C19H30O4. The van der Waals surface area contributed by atoms with Gasteiger partial charge in [-0.3, -0.25) is 0 Å². The van der Waals surface area contributed by atoms with Gasteiger partial charge >= 0.3 is 6.16 Å². The van der Waals surface area contributed by atoms with Gasteiger partial charge in [-0.15, -0.1) is 0 Å². The highest BCUT2D eigenvalue weighted by atomic mass is 16.7. The molecule has 1 aromatic carbocycles. The maximum Gasteiger partial charge on any atom is 0.511 e. The monoisotopic (exact) mass is 322 g/mol. The lowest BCUT2D eigenvalue weighted by Gasteiger charge is -2.19. The minimum atomic E-state index is -1.39. The van der Waals surface area contributed by atoms with E-state index in [9.17, 15) is 9.90 Å². The van der Waals surface area contributed by atoms with Crippen LogP contribution in [0, 0.1) is 0 Å². The highest BCUT2D eigenvalue weighted by Gasteiger charge is 2.19. The van der Waals surface area contributed by atoms with Crippen molar-refractivity contribution < 1.29 is 19.7 Å². The smallest absolute Gasteiger partial charge is 0.504 e. The predicted molar refractivity (Wildman–Crippen MR) is 92.6 cm³/mol. The molecule has 0 spiro atoms. The number of ether oxygens (including phenoxy) is 1. The maximum absolute atomic E-state index is 10.9. The zero-order chi connectivity index (χ0) is 17.2. The Morgan fingerprint density at radius 2 is 1.61 bits per heavy atom. The lowest BCUT2D eigenvalue weighted by molar-refractivity contribution is 0.142. The number of carboxylic acid groups (broad SMARTS) is 1. The van der Waals surface area contributed by atoms with Gasteiger partial charge < -0.3 is 14.9 Å². The first-order chi connectivity index (χ1) is 11.0. The van der Waals surface area contributed by atoms with Gasteiger partial charge in [-0.25, -0.2) is 4.79 Å². The molecule has 0 fully saturated rings. The summed E-state index contributed by atoms with van der Waals surface area (Å²) < 4.78 is 4.80. The second-order valence-electron chi connectivity index (χ2n) is 6.02. The molecule has 0 radical (unpaired) electrons. The van der Waals surface area contributed by atoms with Crippen molar-refractivity contribution >= 4 is 6.16 Å². The molecule has 0 aliphatic heterocycles. The summed E-state index contributed by atoms with van der Waals surface area (Å²) in [4.78, 5) is 10.9. The second-order valence-corrected chi connectivity index (χ2v) is 6.02. The van der Waals surface area contributed by atoms with E-state index in [1.54, 1.807) is 6.07 Å². The van der Waals surface area contributed by atoms with Crippen LogP contribution in [0.1, 0.15) is 76.0 Å². The number of phenolic OH excluding ortho intramolecular Hbond substituents is 1. The first-order valence-electron chi connectivity index (χ1n) is 8.82. The standard InChI is InChI=1S/C19H30O4/c1-4-7-9-12-15-14(10-6-3)13-17(23-19(21)22)18(20)16(15)11-8-5-2/h13,20H,4-12H2,1-3H3,(H,21,22). The first-order valence-corrected chi connectivity index (χ1v) is 8.82. The summed E-state index contributed by atoms with van der Waals surface area (Å²) in [5, 5.41) is 19.4. The van der Waals surface area contributed by atoms with Crippen LogP contribution in [0.3, 0.4) is 0 Å². The van der Waals surface area contributed by atoms with Gasteiger partial charge in [0.1, 0.15) is 0 Å². The molecule has 0 atom stereocenters. The fourth-order valence-corrected chi connectivity index (χ4v) is 2.95. The van der Waals surface area contributed by atoms with E-state index in [0.717, 1.165) is 68.9 Å². The van der Waals surface area contributed by atoms with E-state index in [4.69, 9.17) is 9.84 Å². The van der Waals surface area contributed by atoms with Gasteiger partial charge in [0.25, 0.3) is 0 Å². The summed E-state index contributed by atoms with van der Waals surface area (Å²) in [5.74, 6) is 0.0819. The van der Waals surface area contributed by atoms with Crippen molar-refractivity contribution in [2.75, 3.05) is 0 Å². The van der Waals surface area contributed by atoms with Gasteiger partial charge in [0.2, 0.25) is 0 Å². The van der Waals surface area contributed by atoms with Crippen molar-refractivity contribution in [3.05, 3.63) is 22.8 Å². The second kappa shape index (κ2) is 10.1. The molecule has 0 saturated heterocycles. The number of carbonyl (C=O) groups is 1. The van der Waals surface area contributed by atoms with Gasteiger partial charge in [-0.1, -0.05) is 46.5 Å². The molecule has 0 heterocycles. The van der Waals surface area contributed by atoms with E-state index in [1.807, 2.05) is 0 Å². The number of hydrogen-bond donors (Lipinski definition) is 2. The number of unbranched alkanes of at least 4 members (excludes halogenated alkanes) is 3. The van der Waals surface area contributed by atoms with Gasteiger partial charge in [0, 0.05) is 5.56 Å². The van der Waals surface area contributed by atoms with Crippen LogP contribution in [0.15, 0.2) is 6.07 Å². The average Bonchev–Trinajstić information content (AvgIpc) is 2.50. The molecule has 1 aromatic rings. The van der Waals surface area contributed by atoms with E-state index in [-0.39, 0.29) is 11.5 Å². The van der Waals surface area contributed by atoms with E-state index in [2.05, 4.69) is 20.8 Å². The zero-order valence-electron chi connectivity index (χ0n) is 14.7. The summed E-state index contributed by atoms with van der Waals surface area (Å²) in [7, 11) is 0. The van der Waals surface area contributed by atoms with E-state index < -0.39 is 6.16 Å². The lowest BCUT2D eigenvalue weighted by atomic mass is 9.90. The third-order valence-corrected chi connectivity index (χ3v) is 4.10. The van der Waals surface area contributed by atoms with Crippen LogP contribution in [0.2, 0.25) is 0 Å². The van der Waals surface area contributed by atoms with Gasteiger partial charge in [0.15, 0.2) is 11.5 Å². The summed E-state index contributed by atoms with van der Waals surface area (Å²) in [6.45, 7) is 6.39. The first kappa shape index (κ1) is 19.3. The number of benzene rings is 1. The van der Waals surface area contributed by atoms with Crippen LogP contribution < -0.4 is 4.74 Å². The Morgan fingerprint density at radius 1 is 0.957 bits per heavy atom. The minimum Gasteiger partial charge on any atom is -0.504 e. The molecule has 0 aliphatic carbocycles. The summed E-state index contributed by atoms with van der Waals surface area (Å²) in [5.41, 5.74) is 3.19. The predicted octanol–water partition coefficient (Wildman–Crippen LogP) is 5.48. The maximum atomic E-state index is 10.9.